The van der Waals surface area contributed by atoms with Crippen molar-refractivity contribution in [1.29, 1.82) is 0 Å². The van der Waals surface area contributed by atoms with Crippen LogP contribution in [0.3, 0.4) is 0 Å². The first kappa shape index (κ1) is 12.4. The van der Waals surface area contributed by atoms with Crippen molar-refractivity contribution < 1.29 is 14.6 Å². The minimum atomic E-state index is -0.471. The SMILES string of the molecule is COC(=O)CCC(O)CNC(C)C. The number of esters is 1. The van der Waals surface area contributed by atoms with Crippen LogP contribution in [0.4, 0.5) is 0 Å². The summed E-state index contributed by atoms with van der Waals surface area (Å²) < 4.78 is 4.46. The van der Waals surface area contributed by atoms with Crippen molar-refractivity contribution in [3.8, 4) is 0 Å². The lowest BCUT2D eigenvalue weighted by molar-refractivity contribution is -0.141. The van der Waals surface area contributed by atoms with Crippen LogP contribution >= 0.6 is 0 Å². The zero-order valence-corrected chi connectivity index (χ0v) is 8.54. The summed E-state index contributed by atoms with van der Waals surface area (Å²) in [6.45, 7) is 4.54. The molecule has 78 valence electrons. The molecule has 0 saturated carbocycles. The van der Waals surface area contributed by atoms with Gasteiger partial charge in [0.1, 0.15) is 0 Å². The fourth-order valence-corrected chi connectivity index (χ4v) is 0.860. The molecule has 0 aliphatic heterocycles. The van der Waals surface area contributed by atoms with Gasteiger partial charge in [-0.2, -0.15) is 0 Å². The molecule has 0 rings (SSSR count). The predicted molar refractivity (Wildman–Crippen MR) is 50.4 cm³/mol. The van der Waals surface area contributed by atoms with E-state index in [1.807, 2.05) is 13.8 Å². The van der Waals surface area contributed by atoms with Crippen molar-refractivity contribution in [2.24, 2.45) is 0 Å². The first-order valence-corrected chi connectivity index (χ1v) is 4.54. The van der Waals surface area contributed by atoms with Crippen LogP contribution in [0, 0.1) is 0 Å². The Balaban J connectivity index is 3.40. The monoisotopic (exact) mass is 189 g/mol. The maximum Gasteiger partial charge on any atom is 0.305 e. The number of nitrogens with one attached hydrogen (secondary N) is 1. The molecule has 0 bridgehead atoms. The molecule has 0 saturated heterocycles. The van der Waals surface area contributed by atoms with Crippen LogP contribution in [0.5, 0.6) is 0 Å². The molecule has 0 aromatic rings. The van der Waals surface area contributed by atoms with E-state index >= 15 is 0 Å². The van der Waals surface area contributed by atoms with Crippen molar-refractivity contribution >= 4 is 5.97 Å². The second kappa shape index (κ2) is 6.86. The van der Waals surface area contributed by atoms with Gasteiger partial charge in [-0.25, -0.2) is 0 Å². The molecule has 0 aromatic heterocycles. The van der Waals surface area contributed by atoms with Gasteiger partial charge in [0.2, 0.25) is 0 Å². The van der Waals surface area contributed by atoms with E-state index in [2.05, 4.69) is 10.1 Å². The molecule has 2 N–H and O–H groups in total. The van der Waals surface area contributed by atoms with Gasteiger partial charge in [0, 0.05) is 19.0 Å². The molecule has 13 heavy (non-hydrogen) atoms. The molecule has 0 amide bonds. The van der Waals surface area contributed by atoms with Crippen molar-refractivity contribution in [1.82, 2.24) is 5.32 Å². The molecule has 0 radical (unpaired) electrons. The van der Waals surface area contributed by atoms with E-state index in [1.54, 1.807) is 0 Å². The number of aliphatic hydroxyl groups excluding tert-OH is 1. The normalized spacial score (nSPS) is 13.0. The molecule has 1 atom stereocenters. The quantitative estimate of drug-likeness (QED) is 0.590. The molecule has 0 fully saturated rings. The van der Waals surface area contributed by atoms with Crippen molar-refractivity contribution in [2.75, 3.05) is 13.7 Å². The van der Waals surface area contributed by atoms with Gasteiger partial charge in [0.25, 0.3) is 0 Å². The lowest BCUT2D eigenvalue weighted by Crippen LogP contribution is -2.32. The number of carbonyl (C=O) groups is 1. The standard InChI is InChI=1S/C9H19NO3/c1-7(2)10-6-8(11)4-5-9(12)13-3/h7-8,10-11H,4-6H2,1-3H3. The Morgan fingerprint density at radius 2 is 2.15 bits per heavy atom. The molecule has 4 nitrogen and oxygen atoms in total. The lowest BCUT2D eigenvalue weighted by atomic mass is 10.2. The zero-order valence-electron chi connectivity index (χ0n) is 8.54. The third-order valence-electron chi connectivity index (χ3n) is 1.67. The predicted octanol–water partition coefficient (Wildman–Crippen LogP) is 0.298. The molecule has 0 aliphatic carbocycles. The summed E-state index contributed by atoms with van der Waals surface area (Å²) in [5, 5.41) is 12.5. The minimum Gasteiger partial charge on any atom is -0.469 e. The highest BCUT2D eigenvalue weighted by Gasteiger charge is 2.08. The third-order valence-corrected chi connectivity index (χ3v) is 1.67. The van der Waals surface area contributed by atoms with Gasteiger partial charge in [-0.3, -0.25) is 4.79 Å². The average Bonchev–Trinajstić information content (AvgIpc) is 2.10. The molecule has 0 aromatic carbocycles. The van der Waals surface area contributed by atoms with Crippen molar-refractivity contribution in [3.05, 3.63) is 0 Å². The average molecular weight is 189 g/mol. The third kappa shape index (κ3) is 7.74. The van der Waals surface area contributed by atoms with Gasteiger partial charge >= 0.3 is 5.97 Å². The van der Waals surface area contributed by atoms with Gasteiger partial charge in [-0.05, 0) is 6.42 Å². The van der Waals surface area contributed by atoms with E-state index in [1.165, 1.54) is 7.11 Å². The summed E-state index contributed by atoms with van der Waals surface area (Å²) in [7, 11) is 1.35. The topological polar surface area (TPSA) is 58.6 Å². The summed E-state index contributed by atoms with van der Waals surface area (Å²) in [5.74, 6) is -0.274. The van der Waals surface area contributed by atoms with Gasteiger partial charge in [0.15, 0.2) is 0 Å². The Labute approximate surface area is 79.3 Å². The summed E-state index contributed by atoms with van der Waals surface area (Å²) in [6, 6.07) is 0.354. The van der Waals surface area contributed by atoms with E-state index in [9.17, 15) is 9.90 Å². The second-order valence-corrected chi connectivity index (χ2v) is 3.33. The molecule has 4 heteroatoms. The number of aliphatic hydroxyl groups is 1. The summed E-state index contributed by atoms with van der Waals surface area (Å²) in [5.41, 5.74) is 0. The maximum absolute atomic E-state index is 10.7. The number of ether oxygens (including phenoxy) is 1. The van der Waals surface area contributed by atoms with Gasteiger partial charge in [0.05, 0.1) is 13.2 Å². The fourth-order valence-electron chi connectivity index (χ4n) is 0.860. The first-order chi connectivity index (χ1) is 6.06. The highest BCUT2D eigenvalue weighted by atomic mass is 16.5. The fraction of sp³-hybridized carbons (Fsp3) is 0.889. The van der Waals surface area contributed by atoms with Crippen LogP contribution in [-0.2, 0) is 9.53 Å². The van der Waals surface area contributed by atoms with Crippen LogP contribution < -0.4 is 5.32 Å². The number of hydrogen-bond donors (Lipinski definition) is 2. The van der Waals surface area contributed by atoms with Gasteiger partial charge in [-0.15, -0.1) is 0 Å². The van der Waals surface area contributed by atoms with E-state index < -0.39 is 6.10 Å². The summed E-state index contributed by atoms with van der Waals surface area (Å²) in [6.07, 6.45) is 0.255. The van der Waals surface area contributed by atoms with Gasteiger partial charge < -0.3 is 15.2 Å². The molecule has 0 spiro atoms. The van der Waals surface area contributed by atoms with Crippen LogP contribution in [-0.4, -0.2) is 36.9 Å². The Morgan fingerprint density at radius 3 is 2.62 bits per heavy atom. The number of hydrogen-bond acceptors (Lipinski definition) is 4. The maximum atomic E-state index is 10.7. The van der Waals surface area contributed by atoms with E-state index in [0.29, 0.717) is 19.0 Å². The van der Waals surface area contributed by atoms with E-state index in [-0.39, 0.29) is 12.4 Å². The van der Waals surface area contributed by atoms with Crippen LogP contribution in [0.1, 0.15) is 26.7 Å². The number of carbonyl (C=O) groups excluding carboxylic acids is 1. The molecule has 1 unspecified atom stereocenters. The largest absolute Gasteiger partial charge is 0.469 e. The zero-order chi connectivity index (χ0) is 10.3. The van der Waals surface area contributed by atoms with Crippen molar-refractivity contribution in [3.63, 3.8) is 0 Å². The number of rotatable bonds is 6. The minimum absolute atomic E-state index is 0.274. The second-order valence-electron chi connectivity index (χ2n) is 3.33. The van der Waals surface area contributed by atoms with Gasteiger partial charge in [-0.1, -0.05) is 13.8 Å². The van der Waals surface area contributed by atoms with E-state index in [4.69, 9.17) is 0 Å². The molecule has 0 aliphatic rings. The Morgan fingerprint density at radius 1 is 1.54 bits per heavy atom. The van der Waals surface area contributed by atoms with Crippen LogP contribution in [0.25, 0.3) is 0 Å². The Hall–Kier alpha value is -0.610. The first-order valence-electron chi connectivity index (χ1n) is 4.54. The highest BCUT2D eigenvalue weighted by molar-refractivity contribution is 5.69. The van der Waals surface area contributed by atoms with Crippen LogP contribution in [0.2, 0.25) is 0 Å². The molecule has 0 heterocycles. The number of methoxy groups -OCH3 is 1. The Kier molecular flexibility index (Phi) is 6.54. The molecular weight excluding hydrogens is 170 g/mol. The van der Waals surface area contributed by atoms with E-state index in [0.717, 1.165) is 0 Å². The van der Waals surface area contributed by atoms with Crippen molar-refractivity contribution in [2.45, 2.75) is 38.8 Å². The highest BCUT2D eigenvalue weighted by Crippen LogP contribution is 1.97. The lowest BCUT2D eigenvalue weighted by Gasteiger charge is -2.13. The summed E-state index contributed by atoms with van der Waals surface area (Å²) >= 11 is 0. The smallest absolute Gasteiger partial charge is 0.305 e. The molecular formula is C9H19NO3. The summed E-state index contributed by atoms with van der Waals surface area (Å²) in [4.78, 5) is 10.7. The Bertz CT molecular complexity index is 148. The van der Waals surface area contributed by atoms with Crippen LogP contribution in [0.15, 0.2) is 0 Å².